The Morgan fingerprint density at radius 2 is 2.22 bits per heavy atom. The highest BCUT2D eigenvalue weighted by Crippen LogP contribution is 2.01. The van der Waals surface area contributed by atoms with Gasteiger partial charge in [-0.25, -0.2) is 0 Å². The van der Waals surface area contributed by atoms with Gasteiger partial charge in [-0.2, -0.15) is 0 Å². The van der Waals surface area contributed by atoms with Gasteiger partial charge in [0.25, 0.3) is 0 Å². The van der Waals surface area contributed by atoms with E-state index in [1.165, 1.54) is 0 Å². The molecule has 0 amide bonds. The maximum atomic E-state index is 8.71. The third kappa shape index (κ3) is 3.64. The monoisotopic (exact) mass is 251 g/mol. The predicted molar refractivity (Wildman–Crippen MR) is 63.5 cm³/mol. The molecule has 7 nitrogen and oxygen atoms in total. The largest absolute Gasteiger partial charge is 0.396 e. The van der Waals surface area contributed by atoms with Gasteiger partial charge in [-0.1, -0.05) is 10.4 Å². The topological polar surface area (TPSA) is 89.0 Å². The predicted octanol–water partition coefficient (Wildman–Crippen LogP) is 0.247. The zero-order valence-corrected chi connectivity index (χ0v) is 10.3. The first kappa shape index (κ1) is 12.7. The summed E-state index contributed by atoms with van der Waals surface area (Å²) in [4.78, 5) is 0. The SMILES string of the molecule is Cc1cc(CNCc2cn(CCCO)nn2)no1. The molecule has 7 heteroatoms. The number of hydrogen-bond donors (Lipinski definition) is 2. The fourth-order valence-electron chi connectivity index (χ4n) is 1.58. The average Bonchev–Trinajstić information content (AvgIpc) is 2.96. The van der Waals surface area contributed by atoms with Crippen LogP contribution in [0.4, 0.5) is 0 Å². The maximum absolute atomic E-state index is 8.71. The van der Waals surface area contributed by atoms with Crippen LogP contribution in [0.2, 0.25) is 0 Å². The average molecular weight is 251 g/mol. The number of nitrogens with zero attached hydrogens (tertiary/aromatic N) is 4. The molecule has 0 aliphatic heterocycles. The second-order valence-corrected chi connectivity index (χ2v) is 4.08. The lowest BCUT2D eigenvalue weighted by Gasteiger charge is -1.98. The van der Waals surface area contributed by atoms with Crippen LogP contribution in [-0.4, -0.2) is 31.9 Å². The molecule has 0 spiro atoms. The van der Waals surface area contributed by atoms with E-state index >= 15 is 0 Å². The minimum Gasteiger partial charge on any atom is -0.396 e. The van der Waals surface area contributed by atoms with Crippen LogP contribution in [0.1, 0.15) is 23.6 Å². The molecule has 2 N–H and O–H groups in total. The van der Waals surface area contributed by atoms with Crippen molar-refractivity contribution in [3.8, 4) is 0 Å². The quantitative estimate of drug-likeness (QED) is 0.733. The molecule has 2 heterocycles. The molecule has 0 radical (unpaired) electrons. The van der Waals surface area contributed by atoms with Crippen LogP contribution >= 0.6 is 0 Å². The second-order valence-electron chi connectivity index (χ2n) is 4.08. The van der Waals surface area contributed by atoms with Gasteiger partial charge in [0.2, 0.25) is 0 Å². The Kier molecular flexibility index (Phi) is 4.43. The molecule has 0 aromatic carbocycles. The smallest absolute Gasteiger partial charge is 0.133 e. The summed E-state index contributed by atoms with van der Waals surface area (Å²) in [6.07, 6.45) is 2.56. The van der Waals surface area contributed by atoms with Gasteiger partial charge in [-0.05, 0) is 13.3 Å². The lowest BCUT2D eigenvalue weighted by molar-refractivity contribution is 0.276. The van der Waals surface area contributed by atoms with E-state index in [1.54, 1.807) is 4.68 Å². The van der Waals surface area contributed by atoms with Gasteiger partial charge >= 0.3 is 0 Å². The van der Waals surface area contributed by atoms with E-state index in [-0.39, 0.29) is 6.61 Å². The van der Waals surface area contributed by atoms with E-state index in [4.69, 9.17) is 9.63 Å². The van der Waals surface area contributed by atoms with E-state index in [9.17, 15) is 0 Å². The van der Waals surface area contributed by atoms with Gasteiger partial charge in [0.15, 0.2) is 0 Å². The Hall–Kier alpha value is -1.73. The third-order valence-corrected chi connectivity index (χ3v) is 2.42. The summed E-state index contributed by atoms with van der Waals surface area (Å²) in [5, 5.41) is 23.8. The molecule has 0 aliphatic rings. The summed E-state index contributed by atoms with van der Waals surface area (Å²) in [6, 6.07) is 1.89. The highest BCUT2D eigenvalue weighted by atomic mass is 16.5. The van der Waals surface area contributed by atoms with Crippen molar-refractivity contribution < 1.29 is 9.63 Å². The maximum Gasteiger partial charge on any atom is 0.133 e. The Morgan fingerprint density at radius 1 is 1.39 bits per heavy atom. The van der Waals surface area contributed by atoms with Crippen molar-refractivity contribution in [1.82, 2.24) is 25.5 Å². The van der Waals surface area contributed by atoms with Crippen molar-refractivity contribution in [3.63, 3.8) is 0 Å². The molecular weight excluding hydrogens is 234 g/mol. The summed E-state index contributed by atoms with van der Waals surface area (Å²) in [5.41, 5.74) is 1.74. The van der Waals surface area contributed by atoms with Crippen molar-refractivity contribution in [2.75, 3.05) is 6.61 Å². The van der Waals surface area contributed by atoms with Crippen molar-refractivity contribution in [3.05, 3.63) is 29.4 Å². The highest BCUT2D eigenvalue weighted by molar-refractivity contribution is 5.03. The van der Waals surface area contributed by atoms with Gasteiger partial charge in [-0.3, -0.25) is 4.68 Å². The molecule has 0 saturated carbocycles. The lowest BCUT2D eigenvalue weighted by Crippen LogP contribution is -2.13. The van der Waals surface area contributed by atoms with E-state index < -0.39 is 0 Å². The molecular formula is C11H17N5O2. The Morgan fingerprint density at radius 3 is 2.94 bits per heavy atom. The van der Waals surface area contributed by atoms with Crippen LogP contribution in [-0.2, 0) is 19.6 Å². The number of rotatable bonds is 7. The minimum absolute atomic E-state index is 0.166. The van der Waals surface area contributed by atoms with Crippen molar-refractivity contribution in [2.45, 2.75) is 33.0 Å². The Bertz CT molecular complexity index is 479. The number of aliphatic hydroxyl groups is 1. The van der Waals surface area contributed by atoms with Crippen molar-refractivity contribution in [1.29, 1.82) is 0 Å². The first-order valence-corrected chi connectivity index (χ1v) is 5.90. The van der Waals surface area contributed by atoms with Gasteiger partial charge in [0.1, 0.15) is 5.76 Å². The van der Waals surface area contributed by atoms with Crippen molar-refractivity contribution >= 4 is 0 Å². The molecule has 0 unspecified atom stereocenters. The number of hydrogen-bond acceptors (Lipinski definition) is 6. The molecule has 0 saturated heterocycles. The van der Waals surface area contributed by atoms with Gasteiger partial charge in [0, 0.05) is 38.5 Å². The molecule has 2 aromatic rings. The Balaban J connectivity index is 1.74. The molecule has 0 atom stereocenters. The van der Waals surface area contributed by atoms with Gasteiger partial charge in [-0.15, -0.1) is 5.10 Å². The van der Waals surface area contributed by atoms with Gasteiger partial charge in [0.05, 0.1) is 11.4 Å². The standard InChI is InChI=1S/C11H17N5O2/c1-9-5-10(14-18-9)6-12-7-11-8-16(15-13-11)3-2-4-17/h5,8,12,17H,2-4,6-7H2,1H3. The summed E-state index contributed by atoms with van der Waals surface area (Å²) in [7, 11) is 0. The first-order chi connectivity index (χ1) is 8.78. The third-order valence-electron chi connectivity index (χ3n) is 2.42. The number of aliphatic hydroxyl groups excluding tert-OH is 1. The van der Waals surface area contributed by atoms with E-state index in [0.717, 1.165) is 17.1 Å². The van der Waals surface area contributed by atoms with Crippen LogP contribution < -0.4 is 5.32 Å². The summed E-state index contributed by atoms with van der Waals surface area (Å²) in [6.45, 7) is 3.99. The highest BCUT2D eigenvalue weighted by Gasteiger charge is 2.02. The van der Waals surface area contributed by atoms with Crippen LogP contribution in [0.5, 0.6) is 0 Å². The number of aryl methyl sites for hydroxylation is 2. The fourth-order valence-corrected chi connectivity index (χ4v) is 1.58. The van der Waals surface area contributed by atoms with Crippen molar-refractivity contribution in [2.24, 2.45) is 0 Å². The van der Waals surface area contributed by atoms with Gasteiger partial charge < -0.3 is 14.9 Å². The van der Waals surface area contributed by atoms with Crippen LogP contribution in [0, 0.1) is 6.92 Å². The lowest BCUT2D eigenvalue weighted by atomic mass is 10.3. The molecule has 0 bridgehead atoms. The zero-order valence-electron chi connectivity index (χ0n) is 10.3. The molecule has 2 aromatic heterocycles. The molecule has 98 valence electrons. The van der Waals surface area contributed by atoms with Crippen LogP contribution in [0.3, 0.4) is 0 Å². The molecule has 18 heavy (non-hydrogen) atoms. The summed E-state index contributed by atoms with van der Waals surface area (Å²) >= 11 is 0. The number of aromatic nitrogens is 4. The summed E-state index contributed by atoms with van der Waals surface area (Å²) in [5.74, 6) is 0.807. The van der Waals surface area contributed by atoms with E-state index in [1.807, 2.05) is 19.2 Å². The number of nitrogens with one attached hydrogen (secondary N) is 1. The molecule has 0 fully saturated rings. The second kappa shape index (κ2) is 6.27. The molecule has 0 aliphatic carbocycles. The first-order valence-electron chi connectivity index (χ1n) is 5.90. The zero-order chi connectivity index (χ0) is 12.8. The van der Waals surface area contributed by atoms with E-state index in [2.05, 4.69) is 20.8 Å². The fraction of sp³-hybridized carbons (Fsp3) is 0.545. The normalized spacial score (nSPS) is 11.0. The summed E-state index contributed by atoms with van der Waals surface area (Å²) < 4.78 is 6.70. The van der Waals surface area contributed by atoms with Crippen LogP contribution in [0.15, 0.2) is 16.8 Å². The van der Waals surface area contributed by atoms with Crippen LogP contribution in [0.25, 0.3) is 0 Å². The minimum atomic E-state index is 0.166. The van der Waals surface area contributed by atoms with E-state index in [0.29, 0.717) is 26.1 Å². The Labute approximate surface area is 105 Å². The molecule has 2 rings (SSSR count).